The van der Waals surface area contributed by atoms with Gasteiger partial charge in [-0.3, -0.25) is 15.1 Å². The van der Waals surface area contributed by atoms with Crippen LogP contribution in [0, 0.1) is 24.0 Å². The van der Waals surface area contributed by atoms with Crippen LogP contribution in [0.4, 0.5) is 11.4 Å². The number of aromatic hydroxyl groups is 1. The summed E-state index contributed by atoms with van der Waals surface area (Å²) in [5, 5.41) is 20.9. The molecule has 1 N–H and O–H groups in total. The third-order valence-electron chi connectivity index (χ3n) is 2.98. The highest BCUT2D eigenvalue weighted by molar-refractivity contribution is 6.31. The smallest absolute Gasteiger partial charge is 0.312 e. The molecule has 0 radical (unpaired) electrons. The second kappa shape index (κ2) is 5.93. The average Bonchev–Trinajstić information content (AvgIpc) is 2.40. The minimum absolute atomic E-state index is 0.168. The highest BCUT2D eigenvalue weighted by atomic mass is 35.5. The molecule has 0 unspecified atom stereocenters. The van der Waals surface area contributed by atoms with E-state index in [9.17, 15) is 15.2 Å². The van der Waals surface area contributed by atoms with Crippen molar-refractivity contribution in [1.29, 1.82) is 0 Å². The van der Waals surface area contributed by atoms with E-state index in [2.05, 4.69) is 4.99 Å². The van der Waals surface area contributed by atoms with Gasteiger partial charge in [0.25, 0.3) is 0 Å². The van der Waals surface area contributed by atoms with Gasteiger partial charge < -0.3 is 5.11 Å². The Morgan fingerprint density at radius 2 is 2.00 bits per heavy atom. The molecular weight excluding hydrogens is 292 g/mol. The van der Waals surface area contributed by atoms with Crippen LogP contribution in [0.2, 0.25) is 5.02 Å². The van der Waals surface area contributed by atoms with Crippen molar-refractivity contribution in [2.24, 2.45) is 4.99 Å². The van der Waals surface area contributed by atoms with Crippen LogP contribution in [-0.2, 0) is 0 Å². The number of phenols is 1. The number of nitrogens with zero attached hydrogens (tertiary/aromatic N) is 2. The summed E-state index contributed by atoms with van der Waals surface area (Å²) in [5.41, 5.74) is 2.58. The molecule has 0 atom stereocenters. The number of hydrogen-bond acceptors (Lipinski definition) is 4. The third kappa shape index (κ3) is 3.38. The lowest BCUT2D eigenvalue weighted by molar-refractivity contribution is -0.385. The van der Waals surface area contributed by atoms with E-state index in [-0.39, 0.29) is 10.6 Å². The number of aliphatic imine (C=N–C) groups is 1. The van der Waals surface area contributed by atoms with Gasteiger partial charge in [0.2, 0.25) is 5.75 Å². The fraction of sp³-hybridized carbons (Fsp3) is 0.133. The van der Waals surface area contributed by atoms with E-state index in [1.165, 1.54) is 12.3 Å². The number of halogens is 1. The second-order valence-corrected chi connectivity index (χ2v) is 5.10. The summed E-state index contributed by atoms with van der Waals surface area (Å²) in [6, 6.07) is 8.27. The lowest BCUT2D eigenvalue weighted by atomic mass is 10.1. The van der Waals surface area contributed by atoms with E-state index in [1.54, 1.807) is 0 Å². The molecule has 0 aliphatic heterocycles. The third-order valence-corrected chi connectivity index (χ3v) is 3.19. The fourth-order valence-corrected chi connectivity index (χ4v) is 2.15. The molecular formula is C15H13ClN2O3. The Hall–Kier alpha value is -2.40. The van der Waals surface area contributed by atoms with Gasteiger partial charge in [-0.25, -0.2) is 0 Å². The second-order valence-electron chi connectivity index (χ2n) is 4.67. The predicted molar refractivity (Wildman–Crippen MR) is 82.9 cm³/mol. The normalized spacial score (nSPS) is 11.0. The monoisotopic (exact) mass is 304 g/mol. The van der Waals surface area contributed by atoms with Crippen molar-refractivity contribution in [1.82, 2.24) is 0 Å². The maximum absolute atomic E-state index is 10.8. The summed E-state index contributed by atoms with van der Waals surface area (Å²) in [6.45, 7) is 3.90. The number of phenolic OH excluding ortho intramolecular Hbond substituents is 1. The van der Waals surface area contributed by atoms with Crippen LogP contribution >= 0.6 is 11.6 Å². The molecule has 2 rings (SSSR count). The highest BCUT2D eigenvalue weighted by Crippen LogP contribution is 2.32. The molecule has 0 aromatic heterocycles. The zero-order chi connectivity index (χ0) is 15.6. The van der Waals surface area contributed by atoms with Gasteiger partial charge in [-0.05, 0) is 31.5 Å². The summed E-state index contributed by atoms with van der Waals surface area (Å²) in [7, 11) is 0. The van der Waals surface area contributed by atoms with Crippen LogP contribution in [0.1, 0.15) is 16.7 Å². The quantitative estimate of drug-likeness (QED) is 0.521. The van der Waals surface area contributed by atoms with Crippen molar-refractivity contribution < 1.29 is 10.0 Å². The number of nitro benzene ring substituents is 1. The van der Waals surface area contributed by atoms with Crippen LogP contribution in [0.25, 0.3) is 0 Å². The first-order chi connectivity index (χ1) is 9.88. The SMILES string of the molecule is Cc1ccc(N=Cc2cc(Cl)cc([N+](=O)[O-])c2O)c(C)c1. The van der Waals surface area contributed by atoms with Gasteiger partial charge >= 0.3 is 5.69 Å². The summed E-state index contributed by atoms with van der Waals surface area (Å²) in [5.74, 6) is -0.446. The van der Waals surface area contributed by atoms with E-state index in [0.717, 1.165) is 22.9 Å². The molecule has 2 aromatic carbocycles. The first-order valence-corrected chi connectivity index (χ1v) is 6.54. The lowest BCUT2D eigenvalue weighted by Gasteiger charge is -2.03. The van der Waals surface area contributed by atoms with Crippen molar-refractivity contribution in [3.8, 4) is 5.75 Å². The Labute approximate surface area is 126 Å². The minimum atomic E-state index is -0.685. The molecule has 0 heterocycles. The molecule has 0 aliphatic carbocycles. The van der Waals surface area contributed by atoms with Gasteiger partial charge in [-0.15, -0.1) is 0 Å². The van der Waals surface area contributed by atoms with E-state index in [1.807, 2.05) is 32.0 Å². The topological polar surface area (TPSA) is 75.7 Å². The molecule has 0 saturated heterocycles. The largest absolute Gasteiger partial charge is 0.502 e. The molecule has 6 heteroatoms. The lowest BCUT2D eigenvalue weighted by Crippen LogP contribution is -1.92. The maximum atomic E-state index is 10.8. The van der Waals surface area contributed by atoms with Crippen LogP contribution < -0.4 is 0 Å². The molecule has 21 heavy (non-hydrogen) atoms. The van der Waals surface area contributed by atoms with Crippen LogP contribution in [-0.4, -0.2) is 16.2 Å². The molecule has 108 valence electrons. The van der Waals surface area contributed by atoms with Crippen molar-refractivity contribution >= 4 is 29.2 Å². The molecule has 0 saturated carbocycles. The number of benzene rings is 2. The average molecular weight is 305 g/mol. The molecule has 2 aromatic rings. The molecule has 0 fully saturated rings. The van der Waals surface area contributed by atoms with Gasteiger partial charge in [-0.1, -0.05) is 29.3 Å². The predicted octanol–water partition coefficient (Wildman–Crippen LogP) is 4.32. The summed E-state index contributed by atoms with van der Waals surface area (Å²) >= 11 is 5.82. The van der Waals surface area contributed by atoms with Crippen molar-refractivity contribution in [2.45, 2.75) is 13.8 Å². The fourth-order valence-electron chi connectivity index (χ4n) is 1.93. The van der Waals surface area contributed by atoms with Crippen molar-refractivity contribution in [2.75, 3.05) is 0 Å². The van der Waals surface area contributed by atoms with Gasteiger partial charge in [0, 0.05) is 22.9 Å². The minimum Gasteiger partial charge on any atom is -0.502 e. The van der Waals surface area contributed by atoms with Gasteiger partial charge in [0.15, 0.2) is 0 Å². The van der Waals surface area contributed by atoms with Gasteiger partial charge in [0.1, 0.15) is 0 Å². The zero-order valence-electron chi connectivity index (χ0n) is 11.5. The Balaban J connectivity index is 2.43. The first kappa shape index (κ1) is 15.0. The van der Waals surface area contributed by atoms with Crippen LogP contribution in [0.3, 0.4) is 0 Å². The Morgan fingerprint density at radius 3 is 2.62 bits per heavy atom. The van der Waals surface area contributed by atoms with Crippen LogP contribution in [0.15, 0.2) is 35.3 Å². The molecule has 0 spiro atoms. The first-order valence-electron chi connectivity index (χ1n) is 6.16. The number of hydrogen-bond donors (Lipinski definition) is 1. The van der Waals surface area contributed by atoms with E-state index in [0.29, 0.717) is 0 Å². The Morgan fingerprint density at radius 1 is 1.29 bits per heavy atom. The number of nitro groups is 1. The summed E-state index contributed by atoms with van der Waals surface area (Å²) in [4.78, 5) is 14.4. The molecule has 0 amide bonds. The van der Waals surface area contributed by atoms with Crippen molar-refractivity contribution in [3.05, 3.63) is 62.2 Å². The Kier molecular flexibility index (Phi) is 4.23. The van der Waals surface area contributed by atoms with Crippen molar-refractivity contribution in [3.63, 3.8) is 0 Å². The van der Waals surface area contributed by atoms with Crippen LogP contribution in [0.5, 0.6) is 5.75 Å². The highest BCUT2D eigenvalue weighted by Gasteiger charge is 2.17. The Bertz CT molecular complexity index is 742. The maximum Gasteiger partial charge on any atom is 0.312 e. The number of aryl methyl sites for hydroxylation is 2. The summed E-state index contributed by atoms with van der Waals surface area (Å²) in [6.07, 6.45) is 1.37. The van der Waals surface area contributed by atoms with E-state index in [4.69, 9.17) is 11.6 Å². The van der Waals surface area contributed by atoms with Gasteiger partial charge in [0.05, 0.1) is 10.6 Å². The van der Waals surface area contributed by atoms with Gasteiger partial charge in [-0.2, -0.15) is 0 Å². The summed E-state index contributed by atoms with van der Waals surface area (Å²) < 4.78 is 0. The van der Waals surface area contributed by atoms with E-state index >= 15 is 0 Å². The molecule has 5 nitrogen and oxygen atoms in total. The van der Waals surface area contributed by atoms with E-state index < -0.39 is 16.4 Å². The molecule has 0 aliphatic rings. The number of rotatable bonds is 3. The standard InChI is InChI=1S/C15H13ClN2O3/c1-9-3-4-13(10(2)5-9)17-8-11-6-12(16)7-14(15(11)19)18(20)21/h3-8,19H,1-2H3. The molecule has 0 bridgehead atoms. The zero-order valence-corrected chi connectivity index (χ0v) is 12.3.